The number of likely N-dealkylation sites (tertiary alicyclic amines) is 1. The van der Waals surface area contributed by atoms with Gasteiger partial charge in [-0.3, -0.25) is 9.88 Å². The van der Waals surface area contributed by atoms with E-state index in [1.54, 1.807) is 29.9 Å². The van der Waals surface area contributed by atoms with E-state index in [2.05, 4.69) is 35.1 Å². The highest BCUT2D eigenvalue weighted by molar-refractivity contribution is 7.13. The summed E-state index contributed by atoms with van der Waals surface area (Å²) in [4.78, 5) is 19.9. The van der Waals surface area contributed by atoms with E-state index in [0.29, 0.717) is 6.04 Å². The summed E-state index contributed by atoms with van der Waals surface area (Å²) in [5.74, 6) is 0.721. The number of hydrogen-bond acceptors (Lipinski definition) is 7. The molecule has 130 valence electrons. The van der Waals surface area contributed by atoms with Gasteiger partial charge in [0, 0.05) is 37.6 Å². The molecule has 0 aliphatic carbocycles. The Hall–Kier alpha value is -2.32. The van der Waals surface area contributed by atoms with Gasteiger partial charge in [0.1, 0.15) is 0 Å². The fraction of sp³-hybridized carbons (Fsp3) is 0.412. The second-order valence-corrected chi connectivity index (χ2v) is 7.13. The van der Waals surface area contributed by atoms with Crippen molar-refractivity contribution in [2.75, 3.05) is 11.9 Å². The highest BCUT2D eigenvalue weighted by atomic mass is 32.1. The van der Waals surface area contributed by atoms with Crippen molar-refractivity contribution in [3.05, 3.63) is 47.9 Å². The Morgan fingerprint density at radius 1 is 1.24 bits per heavy atom. The molecule has 8 heteroatoms. The van der Waals surface area contributed by atoms with Gasteiger partial charge in [-0.1, -0.05) is 6.42 Å². The van der Waals surface area contributed by atoms with E-state index in [4.69, 9.17) is 4.98 Å². The number of nitrogens with zero attached hydrogens (tertiary/aromatic N) is 6. The van der Waals surface area contributed by atoms with Crippen molar-refractivity contribution < 1.29 is 0 Å². The van der Waals surface area contributed by atoms with Crippen molar-refractivity contribution in [1.82, 2.24) is 29.4 Å². The number of piperidine rings is 1. The molecule has 25 heavy (non-hydrogen) atoms. The average Bonchev–Trinajstić information content (AvgIpc) is 3.26. The zero-order valence-corrected chi connectivity index (χ0v) is 15.0. The summed E-state index contributed by atoms with van der Waals surface area (Å²) < 4.78 is 2.09. The summed E-state index contributed by atoms with van der Waals surface area (Å²) in [6, 6.07) is 0.359. The van der Waals surface area contributed by atoms with E-state index in [9.17, 15) is 0 Å². The Morgan fingerprint density at radius 3 is 3.00 bits per heavy atom. The molecule has 4 heterocycles. The molecule has 1 aliphatic heterocycles. The summed E-state index contributed by atoms with van der Waals surface area (Å²) in [6.45, 7) is 2.01. The molecule has 4 rings (SSSR count). The van der Waals surface area contributed by atoms with E-state index >= 15 is 0 Å². The molecule has 3 aromatic heterocycles. The minimum atomic E-state index is 0.359. The molecule has 0 unspecified atom stereocenters. The lowest BCUT2D eigenvalue weighted by atomic mass is 10.00. The first-order chi connectivity index (χ1) is 12.3. The van der Waals surface area contributed by atoms with Crippen molar-refractivity contribution >= 4 is 22.3 Å². The smallest absolute Gasteiger partial charge is 0.188 e. The molecule has 0 spiro atoms. The summed E-state index contributed by atoms with van der Waals surface area (Å²) in [5.41, 5.74) is 2.37. The highest BCUT2D eigenvalue weighted by Gasteiger charge is 2.26. The Kier molecular flexibility index (Phi) is 4.71. The van der Waals surface area contributed by atoms with Gasteiger partial charge >= 0.3 is 0 Å². The molecule has 1 saturated heterocycles. The molecule has 3 aromatic rings. The van der Waals surface area contributed by atoms with Crippen molar-refractivity contribution in [2.45, 2.75) is 31.8 Å². The number of imidazole rings is 1. The largest absolute Gasteiger partial charge is 0.337 e. The number of aryl methyl sites for hydroxylation is 1. The van der Waals surface area contributed by atoms with E-state index in [-0.39, 0.29) is 0 Å². The first-order valence-corrected chi connectivity index (χ1v) is 9.35. The maximum atomic E-state index is 4.81. The molecule has 0 amide bonds. The van der Waals surface area contributed by atoms with Gasteiger partial charge in [0.15, 0.2) is 10.9 Å². The van der Waals surface area contributed by atoms with Crippen LogP contribution in [0.15, 0.2) is 36.5 Å². The van der Waals surface area contributed by atoms with Crippen LogP contribution in [-0.2, 0) is 13.6 Å². The number of nitrogens with one attached hydrogen (secondary N) is 1. The van der Waals surface area contributed by atoms with Gasteiger partial charge in [-0.15, -0.1) is 11.3 Å². The van der Waals surface area contributed by atoms with Gasteiger partial charge < -0.3 is 9.88 Å². The van der Waals surface area contributed by atoms with E-state index in [1.807, 2.05) is 19.6 Å². The van der Waals surface area contributed by atoms with Crippen molar-refractivity contribution in [3.8, 4) is 0 Å². The van der Waals surface area contributed by atoms with Crippen molar-refractivity contribution in [1.29, 1.82) is 0 Å². The first kappa shape index (κ1) is 16.2. The number of thiazole rings is 1. The van der Waals surface area contributed by atoms with Gasteiger partial charge in [0.2, 0.25) is 0 Å². The SMILES string of the molecule is Cn1cncc1CN1CCCC[C@H]1c1csc(Nc2cnccn2)n1. The fourth-order valence-electron chi connectivity index (χ4n) is 3.23. The average molecular weight is 355 g/mol. The van der Waals surface area contributed by atoms with Gasteiger partial charge in [-0.05, 0) is 19.4 Å². The van der Waals surface area contributed by atoms with Crippen LogP contribution in [0.2, 0.25) is 0 Å². The molecule has 7 nitrogen and oxygen atoms in total. The predicted octanol–water partition coefficient (Wildman–Crippen LogP) is 3.14. The summed E-state index contributed by atoms with van der Waals surface area (Å²) in [7, 11) is 2.05. The number of aromatic nitrogens is 5. The van der Waals surface area contributed by atoms with E-state index in [0.717, 1.165) is 36.2 Å². The minimum Gasteiger partial charge on any atom is -0.337 e. The van der Waals surface area contributed by atoms with Gasteiger partial charge in [-0.2, -0.15) is 0 Å². The molecule has 0 saturated carbocycles. The molecule has 0 radical (unpaired) electrons. The second-order valence-electron chi connectivity index (χ2n) is 6.27. The zero-order valence-electron chi connectivity index (χ0n) is 14.2. The first-order valence-electron chi connectivity index (χ1n) is 8.47. The lowest BCUT2D eigenvalue weighted by Gasteiger charge is -2.34. The van der Waals surface area contributed by atoms with Crippen LogP contribution >= 0.6 is 11.3 Å². The predicted molar refractivity (Wildman–Crippen MR) is 97.6 cm³/mol. The topological polar surface area (TPSA) is 71.8 Å². The maximum Gasteiger partial charge on any atom is 0.188 e. The monoisotopic (exact) mass is 355 g/mol. The van der Waals surface area contributed by atoms with E-state index < -0.39 is 0 Å². The van der Waals surface area contributed by atoms with E-state index in [1.165, 1.54) is 18.5 Å². The summed E-state index contributed by atoms with van der Waals surface area (Å²) in [6.07, 6.45) is 12.5. The fourth-order valence-corrected chi connectivity index (χ4v) is 3.99. The van der Waals surface area contributed by atoms with Crippen LogP contribution in [0.3, 0.4) is 0 Å². The molecular weight excluding hydrogens is 334 g/mol. The summed E-state index contributed by atoms with van der Waals surface area (Å²) in [5, 5.41) is 6.25. The maximum absolute atomic E-state index is 4.81. The molecule has 0 aromatic carbocycles. The standard InChI is InChI=1S/C17H21N7S/c1-23-12-19-8-13(23)10-24-7-3-2-4-15(24)14-11-25-17(21-14)22-16-9-18-5-6-20-16/h5-6,8-9,11-12,15H,2-4,7,10H2,1H3,(H,20,21,22)/t15-/m0/s1. The summed E-state index contributed by atoms with van der Waals surface area (Å²) >= 11 is 1.62. The third-order valence-corrected chi connectivity index (χ3v) is 5.33. The zero-order chi connectivity index (χ0) is 17.1. The molecule has 1 aliphatic rings. The lowest BCUT2D eigenvalue weighted by molar-refractivity contribution is 0.135. The third kappa shape index (κ3) is 3.69. The molecule has 1 N–H and O–H groups in total. The van der Waals surface area contributed by atoms with Crippen molar-refractivity contribution in [2.24, 2.45) is 7.05 Å². The Bertz CT molecular complexity index is 813. The second kappa shape index (κ2) is 7.28. The van der Waals surface area contributed by atoms with Crippen molar-refractivity contribution in [3.63, 3.8) is 0 Å². The Labute approximate surface area is 150 Å². The van der Waals surface area contributed by atoms with Crippen LogP contribution in [0.4, 0.5) is 10.9 Å². The van der Waals surface area contributed by atoms with Crippen LogP contribution < -0.4 is 5.32 Å². The number of hydrogen-bond donors (Lipinski definition) is 1. The van der Waals surface area contributed by atoms with Gasteiger partial charge in [0.05, 0.1) is 30.0 Å². The van der Waals surface area contributed by atoms with Crippen LogP contribution in [0.25, 0.3) is 0 Å². The van der Waals surface area contributed by atoms with Gasteiger partial charge in [-0.25, -0.2) is 15.0 Å². The number of rotatable bonds is 5. The molecule has 1 fully saturated rings. The molecule has 1 atom stereocenters. The highest BCUT2D eigenvalue weighted by Crippen LogP contribution is 2.34. The minimum absolute atomic E-state index is 0.359. The van der Waals surface area contributed by atoms with Crippen LogP contribution in [0.5, 0.6) is 0 Å². The molecular formula is C17H21N7S. The number of anilines is 2. The Morgan fingerprint density at radius 2 is 2.20 bits per heavy atom. The van der Waals surface area contributed by atoms with Crippen LogP contribution in [-0.4, -0.2) is 35.9 Å². The lowest BCUT2D eigenvalue weighted by Crippen LogP contribution is -2.33. The third-order valence-electron chi connectivity index (χ3n) is 4.56. The normalized spacial score (nSPS) is 18.4. The molecule has 0 bridgehead atoms. The quantitative estimate of drug-likeness (QED) is 0.758. The van der Waals surface area contributed by atoms with Crippen LogP contribution in [0, 0.1) is 0 Å². The van der Waals surface area contributed by atoms with Gasteiger partial charge in [0.25, 0.3) is 0 Å². The van der Waals surface area contributed by atoms with Crippen LogP contribution in [0.1, 0.15) is 36.7 Å². The Balaban J connectivity index is 1.50.